The second kappa shape index (κ2) is 5.25. The van der Waals surface area contributed by atoms with E-state index in [9.17, 15) is 0 Å². The zero-order chi connectivity index (χ0) is 12.4. The summed E-state index contributed by atoms with van der Waals surface area (Å²) in [6.07, 6.45) is 0. The van der Waals surface area contributed by atoms with E-state index in [-0.39, 0.29) is 0 Å². The molecule has 1 aliphatic rings. The van der Waals surface area contributed by atoms with Crippen LogP contribution in [0.3, 0.4) is 0 Å². The number of likely N-dealkylation sites (N-methyl/N-ethyl adjacent to an activating group) is 1. The molecule has 2 N–H and O–H groups in total. The number of hydrogen-bond acceptors (Lipinski definition) is 3. The van der Waals surface area contributed by atoms with Gasteiger partial charge >= 0.3 is 0 Å². The van der Waals surface area contributed by atoms with Gasteiger partial charge in [0.2, 0.25) is 0 Å². The topological polar surface area (TPSA) is 32.5 Å². The Morgan fingerprint density at radius 2 is 2.18 bits per heavy atom. The van der Waals surface area contributed by atoms with Gasteiger partial charge in [0.05, 0.1) is 0 Å². The molecule has 94 valence electrons. The van der Waals surface area contributed by atoms with Crippen molar-refractivity contribution in [2.75, 3.05) is 38.1 Å². The Kier molecular flexibility index (Phi) is 3.92. The summed E-state index contributed by atoms with van der Waals surface area (Å²) in [5, 5.41) is 0.802. The van der Waals surface area contributed by atoms with Crippen LogP contribution < -0.4 is 10.6 Å². The van der Waals surface area contributed by atoms with Crippen LogP contribution in [0.2, 0.25) is 5.02 Å². The van der Waals surface area contributed by atoms with Crippen LogP contribution in [-0.2, 0) is 0 Å². The largest absolute Gasteiger partial charge is 0.368 e. The van der Waals surface area contributed by atoms with Crippen molar-refractivity contribution in [3.05, 3.63) is 28.8 Å². The van der Waals surface area contributed by atoms with Crippen molar-refractivity contribution in [1.82, 2.24) is 4.90 Å². The molecular formula is C13H20ClN3. The molecule has 0 spiro atoms. The van der Waals surface area contributed by atoms with Crippen LogP contribution in [0.5, 0.6) is 0 Å². The number of anilines is 1. The molecule has 1 aromatic carbocycles. The third kappa shape index (κ3) is 2.73. The number of hydrogen-bond donors (Lipinski definition) is 1. The van der Waals surface area contributed by atoms with Gasteiger partial charge in [-0.05, 0) is 37.7 Å². The van der Waals surface area contributed by atoms with Crippen molar-refractivity contribution in [2.24, 2.45) is 5.73 Å². The van der Waals surface area contributed by atoms with Crippen molar-refractivity contribution < 1.29 is 0 Å². The first kappa shape index (κ1) is 12.7. The molecule has 3 nitrogen and oxygen atoms in total. The normalized spacial score (nSPS) is 21.9. The number of piperazine rings is 1. The smallest absolute Gasteiger partial charge is 0.0410 e. The van der Waals surface area contributed by atoms with Gasteiger partial charge in [0.15, 0.2) is 0 Å². The van der Waals surface area contributed by atoms with Crippen molar-refractivity contribution in [3.63, 3.8) is 0 Å². The molecule has 0 aliphatic carbocycles. The lowest BCUT2D eigenvalue weighted by Crippen LogP contribution is -2.54. The Bertz CT molecular complexity index is 394. The third-order valence-electron chi connectivity index (χ3n) is 3.55. The Balaban J connectivity index is 2.17. The van der Waals surface area contributed by atoms with Crippen LogP contribution in [0.15, 0.2) is 18.2 Å². The van der Waals surface area contributed by atoms with Crippen molar-refractivity contribution in [2.45, 2.75) is 13.0 Å². The van der Waals surface area contributed by atoms with Gasteiger partial charge in [0.1, 0.15) is 0 Å². The average molecular weight is 254 g/mol. The average Bonchev–Trinajstić information content (AvgIpc) is 2.30. The first-order valence-corrected chi connectivity index (χ1v) is 6.41. The van der Waals surface area contributed by atoms with Gasteiger partial charge in [-0.1, -0.05) is 11.6 Å². The minimum absolute atomic E-state index is 0.443. The highest BCUT2D eigenvalue weighted by molar-refractivity contribution is 6.30. The minimum Gasteiger partial charge on any atom is -0.368 e. The molecule has 1 unspecified atom stereocenters. The molecule has 17 heavy (non-hydrogen) atoms. The zero-order valence-corrected chi connectivity index (χ0v) is 11.2. The number of rotatable bonds is 2. The summed E-state index contributed by atoms with van der Waals surface area (Å²) in [4.78, 5) is 4.74. The highest BCUT2D eigenvalue weighted by Crippen LogP contribution is 2.25. The summed E-state index contributed by atoms with van der Waals surface area (Å²) in [6.45, 7) is 5.92. The Morgan fingerprint density at radius 1 is 1.41 bits per heavy atom. The van der Waals surface area contributed by atoms with Crippen molar-refractivity contribution in [3.8, 4) is 0 Å². The van der Waals surface area contributed by atoms with Gasteiger partial charge in [0, 0.05) is 42.9 Å². The summed E-state index contributed by atoms with van der Waals surface area (Å²) in [6, 6.07) is 6.53. The molecule has 1 atom stereocenters. The van der Waals surface area contributed by atoms with Crippen LogP contribution in [-0.4, -0.2) is 44.2 Å². The fourth-order valence-corrected chi connectivity index (χ4v) is 2.62. The quantitative estimate of drug-likeness (QED) is 0.871. The van der Waals surface area contributed by atoms with Crippen molar-refractivity contribution >= 4 is 17.3 Å². The first-order chi connectivity index (χ1) is 8.11. The number of halogens is 1. The van der Waals surface area contributed by atoms with E-state index in [1.54, 1.807) is 0 Å². The molecular weight excluding hydrogens is 234 g/mol. The van der Waals surface area contributed by atoms with Gasteiger partial charge < -0.3 is 10.6 Å². The van der Waals surface area contributed by atoms with E-state index in [1.807, 2.05) is 12.1 Å². The summed E-state index contributed by atoms with van der Waals surface area (Å²) < 4.78 is 0. The van der Waals surface area contributed by atoms with E-state index >= 15 is 0 Å². The summed E-state index contributed by atoms with van der Waals surface area (Å²) >= 11 is 5.99. The van der Waals surface area contributed by atoms with Crippen LogP contribution in [0.4, 0.5) is 5.69 Å². The zero-order valence-electron chi connectivity index (χ0n) is 10.5. The molecule has 1 fully saturated rings. The lowest BCUT2D eigenvalue weighted by molar-refractivity contribution is 0.224. The number of nitrogens with zero attached hydrogens (tertiary/aromatic N) is 2. The maximum Gasteiger partial charge on any atom is 0.0410 e. The molecule has 0 radical (unpaired) electrons. The van der Waals surface area contributed by atoms with Crippen LogP contribution in [0.1, 0.15) is 5.56 Å². The monoisotopic (exact) mass is 253 g/mol. The minimum atomic E-state index is 0.443. The molecule has 0 saturated carbocycles. The Labute approximate surface area is 108 Å². The molecule has 1 aromatic rings. The van der Waals surface area contributed by atoms with E-state index in [2.05, 4.69) is 29.8 Å². The molecule has 0 bridgehead atoms. The predicted octanol–water partition coefficient (Wildman–Crippen LogP) is 1.73. The van der Waals surface area contributed by atoms with Gasteiger partial charge in [-0.3, -0.25) is 4.90 Å². The molecule has 0 amide bonds. The lowest BCUT2D eigenvalue weighted by atomic mass is 10.1. The SMILES string of the molecule is Cc1cc(Cl)ccc1N1CCN(C)C(CN)C1. The van der Waals surface area contributed by atoms with Gasteiger partial charge in [-0.2, -0.15) is 0 Å². The van der Waals surface area contributed by atoms with E-state index in [4.69, 9.17) is 17.3 Å². The third-order valence-corrected chi connectivity index (χ3v) is 3.78. The fourth-order valence-electron chi connectivity index (χ4n) is 2.39. The summed E-state index contributed by atoms with van der Waals surface area (Å²) in [5.74, 6) is 0. The lowest BCUT2D eigenvalue weighted by Gasteiger charge is -2.40. The molecule has 1 aliphatic heterocycles. The van der Waals surface area contributed by atoms with E-state index < -0.39 is 0 Å². The van der Waals surface area contributed by atoms with Crippen LogP contribution in [0.25, 0.3) is 0 Å². The van der Waals surface area contributed by atoms with E-state index in [1.165, 1.54) is 11.3 Å². The number of nitrogens with two attached hydrogens (primary N) is 1. The first-order valence-electron chi connectivity index (χ1n) is 6.03. The number of aryl methyl sites for hydroxylation is 1. The Morgan fingerprint density at radius 3 is 2.82 bits per heavy atom. The van der Waals surface area contributed by atoms with E-state index in [0.717, 1.165) is 24.7 Å². The van der Waals surface area contributed by atoms with E-state index in [0.29, 0.717) is 12.6 Å². The number of benzene rings is 1. The predicted molar refractivity (Wildman–Crippen MR) is 73.9 cm³/mol. The molecule has 2 rings (SSSR count). The Hall–Kier alpha value is -0.770. The van der Waals surface area contributed by atoms with Gasteiger partial charge in [-0.25, -0.2) is 0 Å². The standard InChI is InChI=1S/C13H20ClN3/c1-10-7-11(14)3-4-13(10)17-6-5-16(2)12(8-15)9-17/h3-4,7,12H,5-6,8-9,15H2,1-2H3. The maximum atomic E-state index is 5.99. The maximum absolute atomic E-state index is 5.99. The molecule has 1 saturated heterocycles. The summed E-state index contributed by atoms with van der Waals surface area (Å²) in [7, 11) is 2.14. The highest BCUT2D eigenvalue weighted by atomic mass is 35.5. The molecule has 4 heteroatoms. The second-order valence-corrected chi connectivity index (χ2v) is 5.18. The fraction of sp³-hybridized carbons (Fsp3) is 0.538. The van der Waals surface area contributed by atoms with Crippen LogP contribution >= 0.6 is 11.6 Å². The van der Waals surface area contributed by atoms with Crippen molar-refractivity contribution in [1.29, 1.82) is 0 Å². The summed E-state index contributed by atoms with van der Waals surface area (Å²) in [5.41, 5.74) is 8.32. The van der Waals surface area contributed by atoms with Gasteiger partial charge in [0.25, 0.3) is 0 Å². The highest BCUT2D eigenvalue weighted by Gasteiger charge is 2.23. The molecule has 0 aromatic heterocycles. The second-order valence-electron chi connectivity index (χ2n) is 4.75. The molecule has 1 heterocycles. The van der Waals surface area contributed by atoms with Gasteiger partial charge in [-0.15, -0.1) is 0 Å². The van der Waals surface area contributed by atoms with Crippen LogP contribution in [0, 0.1) is 6.92 Å².